The maximum atomic E-state index is 12.3. The SMILES string of the molecule is Nc1ncc(Br)cc1-c1cc(C(F)F)[nH]n1. The molecular weight excluding hydrogens is 282 g/mol. The number of nitrogens with one attached hydrogen (secondary N) is 1. The number of aromatic nitrogens is 3. The molecule has 0 spiro atoms. The van der Waals surface area contributed by atoms with Gasteiger partial charge in [-0.3, -0.25) is 5.10 Å². The van der Waals surface area contributed by atoms with Crippen LogP contribution in [0.1, 0.15) is 12.1 Å². The first kappa shape index (κ1) is 11.0. The lowest BCUT2D eigenvalue weighted by Crippen LogP contribution is -1.93. The van der Waals surface area contributed by atoms with Crippen LogP contribution in [0.3, 0.4) is 0 Å². The Bertz CT molecular complexity index is 512. The number of hydrogen-bond acceptors (Lipinski definition) is 3. The number of anilines is 1. The maximum absolute atomic E-state index is 12.3. The van der Waals surface area contributed by atoms with E-state index >= 15 is 0 Å². The third-order valence-electron chi connectivity index (χ3n) is 1.99. The number of hydrogen-bond donors (Lipinski definition) is 2. The van der Waals surface area contributed by atoms with E-state index in [1.807, 2.05) is 0 Å². The minimum atomic E-state index is -2.58. The van der Waals surface area contributed by atoms with Crippen LogP contribution in [0, 0.1) is 0 Å². The Morgan fingerprint density at radius 1 is 1.38 bits per heavy atom. The van der Waals surface area contributed by atoms with Crippen LogP contribution in [-0.4, -0.2) is 15.2 Å². The van der Waals surface area contributed by atoms with Crippen LogP contribution in [0.2, 0.25) is 0 Å². The minimum Gasteiger partial charge on any atom is -0.383 e. The molecule has 0 aliphatic rings. The Labute approximate surface area is 98.0 Å². The van der Waals surface area contributed by atoms with Gasteiger partial charge in [0.2, 0.25) is 0 Å². The van der Waals surface area contributed by atoms with Crippen molar-refractivity contribution < 1.29 is 8.78 Å². The van der Waals surface area contributed by atoms with Crippen LogP contribution < -0.4 is 5.73 Å². The zero-order chi connectivity index (χ0) is 11.7. The third kappa shape index (κ3) is 2.04. The van der Waals surface area contributed by atoms with Crippen LogP contribution in [0.25, 0.3) is 11.3 Å². The molecule has 0 fully saturated rings. The summed E-state index contributed by atoms with van der Waals surface area (Å²) in [7, 11) is 0. The first-order valence-electron chi connectivity index (χ1n) is 4.33. The number of H-pyrrole nitrogens is 1. The van der Waals surface area contributed by atoms with Crippen LogP contribution in [0.15, 0.2) is 22.8 Å². The minimum absolute atomic E-state index is 0.241. The van der Waals surface area contributed by atoms with Crippen molar-refractivity contribution in [3.63, 3.8) is 0 Å². The summed E-state index contributed by atoms with van der Waals surface area (Å²) >= 11 is 3.23. The second-order valence-corrected chi connectivity index (χ2v) is 4.01. The van der Waals surface area contributed by atoms with Gasteiger partial charge >= 0.3 is 0 Å². The first-order valence-corrected chi connectivity index (χ1v) is 5.12. The number of nitrogen functional groups attached to an aromatic ring is 1. The predicted molar refractivity (Wildman–Crippen MR) is 58.9 cm³/mol. The van der Waals surface area contributed by atoms with E-state index in [2.05, 4.69) is 31.1 Å². The Morgan fingerprint density at radius 2 is 2.12 bits per heavy atom. The van der Waals surface area contributed by atoms with Gasteiger partial charge in [-0.05, 0) is 28.1 Å². The summed E-state index contributed by atoms with van der Waals surface area (Å²) in [4.78, 5) is 3.90. The largest absolute Gasteiger partial charge is 0.383 e. The topological polar surface area (TPSA) is 67.6 Å². The number of aromatic amines is 1. The average molecular weight is 289 g/mol. The van der Waals surface area contributed by atoms with Gasteiger partial charge in [-0.15, -0.1) is 0 Å². The quantitative estimate of drug-likeness (QED) is 0.893. The maximum Gasteiger partial charge on any atom is 0.279 e. The van der Waals surface area contributed by atoms with E-state index in [4.69, 9.17) is 5.73 Å². The Balaban J connectivity index is 2.46. The second-order valence-electron chi connectivity index (χ2n) is 3.10. The molecule has 0 saturated heterocycles. The standard InChI is InChI=1S/C9H7BrF2N4/c10-4-1-5(9(13)14-3-4)6-2-7(8(11)12)16-15-6/h1-3,8H,(H2,13,14)(H,15,16). The molecule has 4 nitrogen and oxygen atoms in total. The highest BCUT2D eigenvalue weighted by atomic mass is 79.9. The van der Waals surface area contributed by atoms with Crippen LogP contribution >= 0.6 is 15.9 Å². The van der Waals surface area contributed by atoms with Gasteiger partial charge in [0, 0.05) is 16.2 Å². The molecule has 0 aliphatic heterocycles. The molecule has 84 valence electrons. The van der Waals surface area contributed by atoms with Crippen molar-refractivity contribution in [2.45, 2.75) is 6.43 Å². The highest BCUT2D eigenvalue weighted by Crippen LogP contribution is 2.28. The summed E-state index contributed by atoms with van der Waals surface area (Å²) in [6.45, 7) is 0. The molecule has 0 radical (unpaired) electrons. The lowest BCUT2D eigenvalue weighted by Gasteiger charge is -2.00. The fraction of sp³-hybridized carbons (Fsp3) is 0.111. The molecule has 16 heavy (non-hydrogen) atoms. The van der Waals surface area contributed by atoms with Gasteiger partial charge in [0.1, 0.15) is 11.5 Å². The van der Waals surface area contributed by atoms with E-state index in [-0.39, 0.29) is 11.5 Å². The summed E-state index contributed by atoms with van der Waals surface area (Å²) in [5.41, 5.74) is 6.25. The monoisotopic (exact) mass is 288 g/mol. The van der Waals surface area contributed by atoms with E-state index in [1.165, 1.54) is 12.3 Å². The number of alkyl halides is 2. The Kier molecular flexibility index (Phi) is 2.86. The number of pyridine rings is 1. The molecular formula is C9H7BrF2N4. The summed E-state index contributed by atoms with van der Waals surface area (Å²) in [5.74, 6) is 0.246. The second kappa shape index (κ2) is 4.17. The zero-order valence-corrected chi connectivity index (χ0v) is 9.50. The van der Waals surface area contributed by atoms with Crippen molar-refractivity contribution in [3.8, 4) is 11.3 Å². The lowest BCUT2D eigenvalue weighted by molar-refractivity contribution is 0.146. The molecule has 2 aromatic heterocycles. The molecule has 0 saturated carbocycles. The zero-order valence-electron chi connectivity index (χ0n) is 7.92. The van der Waals surface area contributed by atoms with Crippen molar-refractivity contribution in [1.82, 2.24) is 15.2 Å². The Hall–Kier alpha value is -1.50. The van der Waals surface area contributed by atoms with Crippen LogP contribution in [0.4, 0.5) is 14.6 Å². The molecule has 0 bridgehead atoms. The molecule has 0 aromatic carbocycles. The Morgan fingerprint density at radius 3 is 2.75 bits per heavy atom. The van der Waals surface area contributed by atoms with Gasteiger partial charge in [-0.2, -0.15) is 5.10 Å². The summed E-state index contributed by atoms with van der Waals surface area (Å²) < 4.78 is 25.4. The highest BCUT2D eigenvalue weighted by molar-refractivity contribution is 9.10. The molecule has 0 amide bonds. The molecule has 2 rings (SSSR count). The number of nitrogens with two attached hydrogens (primary N) is 1. The lowest BCUT2D eigenvalue weighted by atomic mass is 10.2. The fourth-order valence-corrected chi connectivity index (χ4v) is 1.57. The van der Waals surface area contributed by atoms with Crippen LogP contribution in [0.5, 0.6) is 0 Å². The molecule has 2 aromatic rings. The average Bonchev–Trinajstić information content (AvgIpc) is 2.70. The van der Waals surface area contributed by atoms with Gasteiger partial charge in [0.05, 0.1) is 5.69 Å². The number of rotatable bonds is 2. The predicted octanol–water partition coefficient (Wildman–Crippen LogP) is 2.75. The summed E-state index contributed by atoms with van der Waals surface area (Å²) in [6, 6.07) is 2.93. The van der Waals surface area contributed by atoms with E-state index in [9.17, 15) is 8.78 Å². The number of nitrogens with zero attached hydrogens (tertiary/aromatic N) is 2. The van der Waals surface area contributed by atoms with Gasteiger partial charge in [-0.25, -0.2) is 13.8 Å². The number of halogens is 3. The van der Waals surface area contributed by atoms with E-state index in [1.54, 1.807) is 6.07 Å². The van der Waals surface area contributed by atoms with E-state index in [0.29, 0.717) is 15.7 Å². The molecule has 0 unspecified atom stereocenters. The fourth-order valence-electron chi connectivity index (χ4n) is 1.24. The third-order valence-corrected chi connectivity index (χ3v) is 2.43. The van der Waals surface area contributed by atoms with Gasteiger partial charge in [0.25, 0.3) is 6.43 Å². The van der Waals surface area contributed by atoms with Crippen molar-refractivity contribution in [2.75, 3.05) is 5.73 Å². The van der Waals surface area contributed by atoms with Gasteiger partial charge < -0.3 is 5.73 Å². The highest BCUT2D eigenvalue weighted by Gasteiger charge is 2.14. The van der Waals surface area contributed by atoms with Crippen LogP contribution in [-0.2, 0) is 0 Å². The van der Waals surface area contributed by atoms with Gasteiger partial charge in [-0.1, -0.05) is 0 Å². The van der Waals surface area contributed by atoms with Gasteiger partial charge in [0.15, 0.2) is 0 Å². The normalized spacial score (nSPS) is 11.0. The van der Waals surface area contributed by atoms with E-state index < -0.39 is 6.43 Å². The van der Waals surface area contributed by atoms with Crippen molar-refractivity contribution in [3.05, 3.63) is 28.5 Å². The smallest absolute Gasteiger partial charge is 0.279 e. The first-order chi connectivity index (χ1) is 7.58. The van der Waals surface area contributed by atoms with Crippen molar-refractivity contribution in [1.29, 1.82) is 0 Å². The van der Waals surface area contributed by atoms with Crippen molar-refractivity contribution in [2.24, 2.45) is 0 Å². The summed E-state index contributed by atoms with van der Waals surface area (Å²) in [6.07, 6.45) is -1.05. The molecule has 0 atom stereocenters. The molecule has 3 N–H and O–H groups in total. The molecule has 7 heteroatoms. The molecule has 0 aliphatic carbocycles. The van der Waals surface area contributed by atoms with Crippen molar-refractivity contribution >= 4 is 21.7 Å². The van der Waals surface area contributed by atoms with E-state index in [0.717, 1.165) is 0 Å². The summed E-state index contributed by atoms with van der Waals surface area (Å²) in [5, 5.41) is 6.02. The molecule has 2 heterocycles.